The lowest BCUT2D eigenvalue weighted by molar-refractivity contribution is -0.128. The molecule has 2 aromatic rings. The van der Waals surface area contributed by atoms with Gasteiger partial charge in [0, 0.05) is 38.6 Å². The monoisotopic (exact) mass is 387 g/mol. The summed E-state index contributed by atoms with van der Waals surface area (Å²) in [6.07, 6.45) is 4.42. The fourth-order valence-electron chi connectivity index (χ4n) is 3.16. The molecule has 3 rings (SSSR count). The third-order valence-corrected chi connectivity index (χ3v) is 5.67. The van der Waals surface area contributed by atoms with Crippen LogP contribution in [0.3, 0.4) is 0 Å². The molecule has 0 aliphatic carbocycles. The third kappa shape index (κ3) is 4.63. The van der Waals surface area contributed by atoms with Crippen LogP contribution in [0.2, 0.25) is 0 Å². The highest BCUT2D eigenvalue weighted by molar-refractivity contribution is 7.99. The maximum atomic E-state index is 12.6. The number of aromatic nitrogens is 2. The van der Waals surface area contributed by atoms with Crippen LogP contribution in [-0.2, 0) is 4.79 Å². The van der Waals surface area contributed by atoms with Gasteiger partial charge in [0.25, 0.3) is 0 Å². The zero-order valence-electron chi connectivity index (χ0n) is 15.7. The van der Waals surface area contributed by atoms with Gasteiger partial charge >= 0.3 is 6.03 Å². The molecule has 0 saturated carbocycles. The number of rotatable bonds is 4. The zero-order valence-corrected chi connectivity index (χ0v) is 16.5. The largest absolute Gasteiger partial charge is 0.351 e. The zero-order chi connectivity index (χ0) is 19.4. The molecule has 2 N–H and O–H groups in total. The smallest absolute Gasteiger partial charge is 0.314 e. The van der Waals surface area contributed by atoms with E-state index in [1.165, 1.54) is 17.3 Å². The first kappa shape index (κ1) is 19.3. The number of carbonyl (C=O) groups is 2. The summed E-state index contributed by atoms with van der Waals surface area (Å²) in [4.78, 5) is 31.8. The van der Waals surface area contributed by atoms with Crippen molar-refractivity contribution >= 4 is 23.7 Å². The van der Waals surface area contributed by atoms with Gasteiger partial charge in [0.1, 0.15) is 0 Å². The van der Waals surface area contributed by atoms with Crippen molar-refractivity contribution < 1.29 is 9.59 Å². The van der Waals surface area contributed by atoms with Crippen LogP contribution >= 0.6 is 11.8 Å². The normalized spacial score (nSPS) is 14.9. The van der Waals surface area contributed by atoms with Crippen LogP contribution < -0.4 is 5.73 Å². The van der Waals surface area contributed by atoms with Crippen LogP contribution in [0.5, 0.6) is 0 Å². The summed E-state index contributed by atoms with van der Waals surface area (Å²) in [5.41, 5.74) is 8.76. The van der Waals surface area contributed by atoms with Crippen LogP contribution in [0.4, 0.5) is 4.79 Å². The average Bonchev–Trinajstić information content (AvgIpc) is 2.95. The molecule has 7 nitrogen and oxygen atoms in total. The van der Waals surface area contributed by atoms with Gasteiger partial charge < -0.3 is 15.5 Å². The molecule has 1 fully saturated rings. The number of benzene rings is 1. The Morgan fingerprint density at radius 3 is 2.67 bits per heavy atom. The number of aryl methyl sites for hydroxylation is 2. The van der Waals surface area contributed by atoms with Crippen molar-refractivity contribution in [3.05, 3.63) is 41.7 Å². The molecule has 0 spiro atoms. The fraction of sp³-hybridized carbons (Fsp3) is 0.421. The molecule has 1 saturated heterocycles. The Hall–Kier alpha value is -2.48. The number of hydrogen-bond acceptors (Lipinski definition) is 4. The number of nitrogens with two attached hydrogens (primary N) is 1. The first-order valence-electron chi connectivity index (χ1n) is 9.01. The SMILES string of the molecule is Cc1ccc(C)c(-n2ccnc2SCC(=O)N2CCCN(C(N)=O)CC2)c1. The molecule has 8 heteroatoms. The fourth-order valence-corrected chi connectivity index (χ4v) is 4.03. The Morgan fingerprint density at radius 2 is 1.89 bits per heavy atom. The maximum Gasteiger partial charge on any atom is 0.314 e. The van der Waals surface area contributed by atoms with E-state index in [4.69, 9.17) is 5.73 Å². The standard InChI is InChI=1S/C19H25N5O2S/c1-14-4-5-15(2)16(12-14)24-9-6-21-19(24)27-13-17(25)22-7-3-8-23(11-10-22)18(20)26/h4-6,9,12H,3,7-8,10-11,13H2,1-2H3,(H2,20,26). The second kappa shape index (κ2) is 8.47. The van der Waals surface area contributed by atoms with Crippen molar-refractivity contribution in [3.63, 3.8) is 0 Å². The molecule has 0 unspecified atom stereocenters. The van der Waals surface area contributed by atoms with Gasteiger partial charge in [-0.1, -0.05) is 23.9 Å². The molecule has 0 radical (unpaired) electrons. The molecule has 3 amide bonds. The molecule has 2 heterocycles. The first-order valence-corrected chi connectivity index (χ1v) is 10.00. The number of carbonyl (C=O) groups excluding carboxylic acids is 2. The van der Waals surface area contributed by atoms with Gasteiger partial charge in [-0.3, -0.25) is 9.36 Å². The number of urea groups is 1. The molecule has 27 heavy (non-hydrogen) atoms. The highest BCUT2D eigenvalue weighted by Crippen LogP contribution is 2.24. The van der Waals surface area contributed by atoms with Gasteiger partial charge in [0.2, 0.25) is 5.91 Å². The van der Waals surface area contributed by atoms with Crippen LogP contribution in [0, 0.1) is 13.8 Å². The van der Waals surface area contributed by atoms with Gasteiger partial charge in [0.15, 0.2) is 5.16 Å². The molecule has 1 aliphatic rings. The summed E-state index contributed by atoms with van der Waals surface area (Å²) in [5, 5.41) is 0.797. The van der Waals surface area contributed by atoms with E-state index < -0.39 is 6.03 Å². The van der Waals surface area contributed by atoms with E-state index in [1.807, 2.05) is 10.8 Å². The van der Waals surface area contributed by atoms with Crippen molar-refractivity contribution in [2.45, 2.75) is 25.4 Å². The molecule has 0 bridgehead atoms. The van der Waals surface area contributed by atoms with E-state index in [0.29, 0.717) is 31.9 Å². The predicted molar refractivity (Wildman–Crippen MR) is 106 cm³/mol. The van der Waals surface area contributed by atoms with E-state index >= 15 is 0 Å². The van der Waals surface area contributed by atoms with Crippen LogP contribution in [-0.4, -0.2) is 63.2 Å². The second-order valence-electron chi connectivity index (χ2n) is 6.72. The summed E-state index contributed by atoms with van der Waals surface area (Å²) in [5.74, 6) is 0.375. The molecular formula is C19H25N5O2S. The lowest BCUT2D eigenvalue weighted by Gasteiger charge is -2.21. The van der Waals surface area contributed by atoms with Gasteiger partial charge in [-0.05, 0) is 37.5 Å². The summed E-state index contributed by atoms with van der Waals surface area (Å²) < 4.78 is 2.03. The summed E-state index contributed by atoms with van der Waals surface area (Å²) in [6, 6.07) is 5.87. The van der Waals surface area contributed by atoms with Crippen molar-refractivity contribution in [1.82, 2.24) is 19.4 Å². The number of imidazole rings is 1. The first-order chi connectivity index (χ1) is 13.0. The number of thioether (sulfide) groups is 1. The highest BCUT2D eigenvalue weighted by Gasteiger charge is 2.21. The predicted octanol–water partition coefficient (Wildman–Crippen LogP) is 2.19. The summed E-state index contributed by atoms with van der Waals surface area (Å²) >= 11 is 1.43. The molecule has 144 valence electrons. The van der Waals surface area contributed by atoms with E-state index in [9.17, 15) is 9.59 Å². The van der Waals surface area contributed by atoms with E-state index in [0.717, 1.165) is 22.8 Å². The van der Waals surface area contributed by atoms with Crippen molar-refractivity contribution in [2.75, 3.05) is 31.9 Å². The van der Waals surface area contributed by atoms with Gasteiger partial charge in [0.05, 0.1) is 11.4 Å². The minimum absolute atomic E-state index is 0.0573. The number of nitrogens with zero attached hydrogens (tertiary/aromatic N) is 4. The van der Waals surface area contributed by atoms with Gasteiger partial charge in [-0.25, -0.2) is 9.78 Å². The second-order valence-corrected chi connectivity index (χ2v) is 7.66. The number of primary amides is 1. The molecule has 1 aromatic heterocycles. The Morgan fingerprint density at radius 1 is 1.15 bits per heavy atom. The van der Waals surface area contributed by atoms with E-state index in [-0.39, 0.29) is 5.91 Å². The molecule has 1 aliphatic heterocycles. The molecular weight excluding hydrogens is 362 g/mol. The average molecular weight is 388 g/mol. The molecule has 0 atom stereocenters. The topological polar surface area (TPSA) is 84.5 Å². The quantitative estimate of drug-likeness (QED) is 0.815. The minimum Gasteiger partial charge on any atom is -0.351 e. The number of hydrogen-bond donors (Lipinski definition) is 1. The summed E-state index contributed by atoms with van der Waals surface area (Å²) in [7, 11) is 0. The van der Waals surface area contributed by atoms with Crippen LogP contribution in [0.25, 0.3) is 5.69 Å². The Balaban J connectivity index is 1.64. The van der Waals surface area contributed by atoms with E-state index in [2.05, 4.69) is 37.0 Å². The van der Waals surface area contributed by atoms with Crippen LogP contribution in [0.15, 0.2) is 35.7 Å². The minimum atomic E-state index is -0.422. The Bertz CT molecular complexity index is 835. The maximum absolute atomic E-state index is 12.6. The lowest BCUT2D eigenvalue weighted by Crippen LogP contribution is -2.40. The van der Waals surface area contributed by atoms with Crippen molar-refractivity contribution in [3.8, 4) is 5.69 Å². The van der Waals surface area contributed by atoms with E-state index in [1.54, 1.807) is 16.0 Å². The van der Waals surface area contributed by atoms with Crippen molar-refractivity contribution in [2.24, 2.45) is 5.73 Å². The highest BCUT2D eigenvalue weighted by atomic mass is 32.2. The van der Waals surface area contributed by atoms with Crippen molar-refractivity contribution in [1.29, 1.82) is 0 Å². The number of amides is 3. The van der Waals surface area contributed by atoms with Gasteiger partial charge in [-0.2, -0.15) is 0 Å². The Kier molecular flexibility index (Phi) is 6.05. The lowest BCUT2D eigenvalue weighted by atomic mass is 10.1. The Labute approximate surface area is 163 Å². The third-order valence-electron chi connectivity index (χ3n) is 4.72. The van der Waals surface area contributed by atoms with Gasteiger partial charge in [-0.15, -0.1) is 0 Å². The van der Waals surface area contributed by atoms with Crippen LogP contribution in [0.1, 0.15) is 17.5 Å². The molecule has 1 aromatic carbocycles. The summed E-state index contributed by atoms with van der Waals surface area (Å²) in [6.45, 7) is 6.38.